The molecule has 1 aliphatic rings. The van der Waals surface area contributed by atoms with Crippen LogP contribution in [0.4, 0.5) is 11.6 Å². The zero-order valence-electron chi connectivity index (χ0n) is 17.9. The van der Waals surface area contributed by atoms with Crippen molar-refractivity contribution in [2.45, 2.75) is 32.4 Å². The average Bonchev–Trinajstić information content (AvgIpc) is 3.44. The number of aliphatic hydroxyl groups excluding tert-OH is 1. The largest absolute Gasteiger partial charge is 0.396 e. The lowest BCUT2D eigenvalue weighted by molar-refractivity contribution is 0.267. The van der Waals surface area contributed by atoms with Crippen molar-refractivity contribution >= 4 is 34.1 Å². The normalized spacial score (nSPS) is 18.4. The number of aryl methyl sites for hydroxylation is 1. The molecule has 3 aromatic heterocycles. The third kappa shape index (κ3) is 3.68. The number of nitrogens with one attached hydrogen (secondary N) is 1. The molecule has 1 saturated carbocycles. The quantitative estimate of drug-likeness (QED) is 0.383. The van der Waals surface area contributed by atoms with Crippen molar-refractivity contribution in [1.29, 1.82) is 0 Å². The number of nitrogen functional groups attached to an aromatic ring is 1. The van der Waals surface area contributed by atoms with Gasteiger partial charge in [0.1, 0.15) is 29.4 Å². The van der Waals surface area contributed by atoms with Crippen molar-refractivity contribution in [3.8, 4) is 11.5 Å². The lowest BCUT2D eigenvalue weighted by Crippen LogP contribution is -2.29. The Hall–Kier alpha value is -3.57. The monoisotopic (exact) mass is 468 g/mol. The molecule has 5 rings (SSSR count). The van der Waals surface area contributed by atoms with Crippen molar-refractivity contribution in [2.24, 2.45) is 5.92 Å². The molecule has 12 heteroatoms. The summed E-state index contributed by atoms with van der Waals surface area (Å²) in [7, 11) is 0. The van der Waals surface area contributed by atoms with Gasteiger partial charge in [-0.15, -0.1) is 0 Å². The smallest absolute Gasteiger partial charge is 0.265 e. The highest BCUT2D eigenvalue weighted by Gasteiger charge is 2.41. The molecule has 4 N–H and O–H groups in total. The summed E-state index contributed by atoms with van der Waals surface area (Å²) in [5, 5.41) is 17.4. The highest BCUT2D eigenvalue weighted by Crippen LogP contribution is 2.43. The molecule has 0 spiro atoms. The van der Waals surface area contributed by atoms with Crippen LogP contribution in [0.3, 0.4) is 0 Å². The molecule has 0 saturated heterocycles. The van der Waals surface area contributed by atoms with Crippen LogP contribution >= 0.6 is 11.6 Å². The van der Waals surface area contributed by atoms with Crippen LogP contribution in [-0.2, 0) is 0 Å². The number of nitrogens with two attached hydrogens (primary N) is 1. The van der Waals surface area contributed by atoms with Gasteiger partial charge in [0.05, 0.1) is 22.0 Å². The molecule has 2 unspecified atom stereocenters. The van der Waals surface area contributed by atoms with Crippen LogP contribution in [-0.4, -0.2) is 41.4 Å². The summed E-state index contributed by atoms with van der Waals surface area (Å²) < 4.78 is 6.89. The SMILES string of the molecule is Cc1noc(-c2c(N)ncnc2N[C@@H](C)c2nc3cccc(Cl)c3c(=O)n2C2CC2CO)n1. The first kappa shape index (κ1) is 21.3. The van der Waals surface area contributed by atoms with Crippen molar-refractivity contribution in [2.75, 3.05) is 17.7 Å². The van der Waals surface area contributed by atoms with Crippen LogP contribution in [0.5, 0.6) is 0 Å². The van der Waals surface area contributed by atoms with Gasteiger partial charge in [0, 0.05) is 18.6 Å². The summed E-state index contributed by atoms with van der Waals surface area (Å²) >= 11 is 6.33. The van der Waals surface area contributed by atoms with Gasteiger partial charge in [-0.05, 0) is 32.4 Å². The van der Waals surface area contributed by atoms with E-state index in [0.29, 0.717) is 45.4 Å². The third-order valence-corrected chi connectivity index (χ3v) is 6.03. The number of rotatable bonds is 6. The Labute approximate surface area is 192 Å². The number of hydrogen-bond donors (Lipinski definition) is 3. The van der Waals surface area contributed by atoms with E-state index in [-0.39, 0.29) is 35.8 Å². The van der Waals surface area contributed by atoms with Crippen LogP contribution in [0.15, 0.2) is 33.8 Å². The van der Waals surface area contributed by atoms with Crippen LogP contribution in [0.25, 0.3) is 22.4 Å². The highest BCUT2D eigenvalue weighted by molar-refractivity contribution is 6.35. The molecule has 3 atom stereocenters. The summed E-state index contributed by atoms with van der Waals surface area (Å²) in [5.41, 5.74) is 6.69. The molecular weight excluding hydrogens is 448 g/mol. The van der Waals surface area contributed by atoms with E-state index in [9.17, 15) is 9.90 Å². The third-order valence-electron chi connectivity index (χ3n) is 5.72. The van der Waals surface area contributed by atoms with E-state index >= 15 is 0 Å². The fourth-order valence-electron chi connectivity index (χ4n) is 3.98. The van der Waals surface area contributed by atoms with E-state index in [1.807, 2.05) is 6.92 Å². The number of anilines is 2. The first-order chi connectivity index (χ1) is 15.9. The molecule has 170 valence electrons. The predicted molar refractivity (Wildman–Crippen MR) is 122 cm³/mol. The number of fused-ring (bicyclic) bond motifs is 1. The van der Waals surface area contributed by atoms with Crippen molar-refractivity contribution in [1.82, 2.24) is 29.7 Å². The van der Waals surface area contributed by atoms with Crippen LogP contribution in [0.1, 0.15) is 37.1 Å². The predicted octanol–water partition coefficient (Wildman–Crippen LogP) is 2.51. The maximum Gasteiger partial charge on any atom is 0.265 e. The van der Waals surface area contributed by atoms with Crippen molar-refractivity contribution in [3.63, 3.8) is 0 Å². The molecular formula is C21H21ClN8O3. The molecule has 0 amide bonds. The molecule has 33 heavy (non-hydrogen) atoms. The number of aliphatic hydroxyl groups is 1. The highest BCUT2D eigenvalue weighted by atomic mass is 35.5. The minimum absolute atomic E-state index is 0.0119. The summed E-state index contributed by atoms with van der Waals surface area (Å²) in [5.74, 6) is 1.63. The van der Waals surface area contributed by atoms with E-state index in [1.165, 1.54) is 6.33 Å². The summed E-state index contributed by atoms with van der Waals surface area (Å²) in [4.78, 5) is 30.8. The van der Waals surface area contributed by atoms with E-state index in [1.54, 1.807) is 29.7 Å². The Balaban J connectivity index is 1.62. The fourth-order valence-corrected chi connectivity index (χ4v) is 4.23. The second-order valence-corrected chi connectivity index (χ2v) is 8.43. The Morgan fingerprint density at radius 2 is 2.18 bits per heavy atom. The summed E-state index contributed by atoms with van der Waals surface area (Å²) in [6.07, 6.45) is 2.00. The van der Waals surface area contributed by atoms with Gasteiger partial charge in [0.15, 0.2) is 5.82 Å². The molecule has 1 aliphatic carbocycles. The van der Waals surface area contributed by atoms with Gasteiger partial charge in [-0.25, -0.2) is 15.0 Å². The maximum atomic E-state index is 13.5. The standard InChI is InChI=1S/C21H21ClN8O3/c1-9(26-18-16(17(23)24-8-25-18)20-27-10(2)29-33-20)19-28-13-5-3-4-12(22)15(13)21(32)30(19)14-6-11(14)7-31/h3-5,8-9,11,14,31H,6-7H2,1-2H3,(H3,23,24,25,26)/t9-,11?,14?/m0/s1. The van der Waals surface area contributed by atoms with Crippen LogP contribution < -0.4 is 16.6 Å². The van der Waals surface area contributed by atoms with E-state index in [4.69, 9.17) is 26.8 Å². The lowest BCUT2D eigenvalue weighted by atomic mass is 10.2. The van der Waals surface area contributed by atoms with Crippen LogP contribution in [0.2, 0.25) is 5.02 Å². The van der Waals surface area contributed by atoms with Gasteiger partial charge in [-0.1, -0.05) is 22.8 Å². The maximum absolute atomic E-state index is 13.5. The Kier molecular flexibility index (Phi) is 5.22. The van der Waals surface area contributed by atoms with E-state index in [0.717, 1.165) is 0 Å². The Morgan fingerprint density at radius 1 is 1.36 bits per heavy atom. The molecule has 1 fully saturated rings. The number of nitrogens with zero attached hydrogens (tertiary/aromatic N) is 6. The second-order valence-electron chi connectivity index (χ2n) is 8.02. The topological polar surface area (TPSA) is 158 Å². The zero-order valence-corrected chi connectivity index (χ0v) is 18.6. The number of aromatic nitrogens is 6. The summed E-state index contributed by atoms with van der Waals surface area (Å²) in [6.45, 7) is 3.53. The second kappa shape index (κ2) is 8.09. The molecule has 11 nitrogen and oxygen atoms in total. The van der Waals surface area contributed by atoms with E-state index < -0.39 is 6.04 Å². The van der Waals surface area contributed by atoms with Gasteiger partial charge in [-0.2, -0.15) is 4.98 Å². The van der Waals surface area contributed by atoms with Crippen molar-refractivity contribution in [3.05, 3.63) is 51.6 Å². The van der Waals surface area contributed by atoms with Gasteiger partial charge < -0.3 is 20.7 Å². The number of benzene rings is 1. The van der Waals surface area contributed by atoms with Crippen molar-refractivity contribution < 1.29 is 9.63 Å². The van der Waals surface area contributed by atoms with Gasteiger partial charge in [0.2, 0.25) is 0 Å². The first-order valence-electron chi connectivity index (χ1n) is 10.4. The van der Waals surface area contributed by atoms with Gasteiger partial charge in [0.25, 0.3) is 11.4 Å². The Morgan fingerprint density at radius 3 is 2.88 bits per heavy atom. The lowest BCUT2D eigenvalue weighted by Gasteiger charge is -2.21. The zero-order chi connectivity index (χ0) is 23.3. The minimum atomic E-state index is -0.474. The number of halogens is 1. The van der Waals surface area contributed by atoms with Gasteiger partial charge >= 0.3 is 0 Å². The molecule has 4 aromatic rings. The molecule has 1 aromatic carbocycles. The molecule has 3 heterocycles. The average molecular weight is 469 g/mol. The molecule has 0 bridgehead atoms. The summed E-state index contributed by atoms with van der Waals surface area (Å²) in [6, 6.07) is 4.52. The van der Waals surface area contributed by atoms with E-state index in [2.05, 4.69) is 25.4 Å². The minimum Gasteiger partial charge on any atom is -0.396 e. The molecule has 0 aliphatic heterocycles. The molecule has 0 radical (unpaired) electrons. The number of hydrogen-bond acceptors (Lipinski definition) is 10. The first-order valence-corrected chi connectivity index (χ1v) is 10.8. The van der Waals surface area contributed by atoms with Crippen LogP contribution in [0, 0.1) is 12.8 Å². The fraction of sp³-hybridized carbons (Fsp3) is 0.333. The van der Waals surface area contributed by atoms with Gasteiger partial charge in [-0.3, -0.25) is 9.36 Å². The Bertz CT molecular complexity index is 1420.